The lowest BCUT2D eigenvalue weighted by Gasteiger charge is -2.24. The van der Waals surface area contributed by atoms with Crippen molar-refractivity contribution in [3.05, 3.63) is 74.2 Å². The number of anilines is 1. The topological polar surface area (TPSA) is 88.1 Å². The molecule has 1 aromatic heterocycles. The zero-order chi connectivity index (χ0) is 20.6. The predicted molar refractivity (Wildman–Crippen MR) is 106 cm³/mol. The quantitative estimate of drug-likeness (QED) is 0.757. The maximum absolute atomic E-state index is 12.8. The van der Waals surface area contributed by atoms with Crippen LogP contribution in [0, 0.1) is 11.3 Å². The summed E-state index contributed by atoms with van der Waals surface area (Å²) >= 11 is 0. The highest BCUT2D eigenvalue weighted by Crippen LogP contribution is 2.46. The van der Waals surface area contributed by atoms with Crippen LogP contribution >= 0.6 is 0 Å². The second-order valence-electron chi connectivity index (χ2n) is 7.31. The summed E-state index contributed by atoms with van der Waals surface area (Å²) in [5.74, 6) is -0.375. The van der Waals surface area contributed by atoms with Gasteiger partial charge in [-0.3, -0.25) is 18.7 Å². The molecule has 0 saturated heterocycles. The number of rotatable bonds is 4. The maximum atomic E-state index is 12.8. The van der Waals surface area contributed by atoms with Gasteiger partial charge in [-0.1, -0.05) is 32.0 Å². The fourth-order valence-corrected chi connectivity index (χ4v) is 3.71. The average molecular weight is 378 g/mol. The number of ketones is 1. The minimum absolute atomic E-state index is 0.160. The Morgan fingerprint density at radius 1 is 1.25 bits per heavy atom. The zero-order valence-electron chi connectivity index (χ0n) is 16.4. The minimum Gasteiger partial charge on any atom is -0.347 e. The van der Waals surface area contributed by atoms with Crippen LogP contribution in [0.1, 0.15) is 31.9 Å². The van der Waals surface area contributed by atoms with Crippen LogP contribution in [0.2, 0.25) is 0 Å². The van der Waals surface area contributed by atoms with E-state index in [4.69, 9.17) is 5.26 Å². The van der Waals surface area contributed by atoms with Gasteiger partial charge in [-0.2, -0.15) is 5.26 Å². The first-order valence-electron chi connectivity index (χ1n) is 9.05. The lowest BCUT2D eigenvalue weighted by molar-refractivity contribution is -0.115. The number of fused-ring (bicyclic) bond motifs is 1. The summed E-state index contributed by atoms with van der Waals surface area (Å²) in [5.41, 5.74) is 1.03. The number of hydrogen-bond acceptors (Lipinski definition) is 5. The first kappa shape index (κ1) is 19.4. The number of carbonyl (C=O) groups is 1. The SMILES string of the molecule is CCn1cc(C#N)c(=O)n(CC(=O)/C=C2/N(C)c3ccccc3C2(C)C)c1=O. The van der Waals surface area contributed by atoms with Gasteiger partial charge in [0.25, 0.3) is 5.56 Å². The number of aryl methyl sites for hydroxylation is 1. The third-order valence-corrected chi connectivity index (χ3v) is 5.25. The van der Waals surface area contributed by atoms with Crippen LogP contribution in [0.25, 0.3) is 0 Å². The van der Waals surface area contributed by atoms with E-state index in [1.54, 1.807) is 13.0 Å². The number of nitriles is 1. The second-order valence-corrected chi connectivity index (χ2v) is 7.31. The van der Waals surface area contributed by atoms with Crippen LogP contribution in [0.5, 0.6) is 0 Å². The van der Waals surface area contributed by atoms with Crippen molar-refractivity contribution in [2.75, 3.05) is 11.9 Å². The molecule has 1 aliphatic heterocycles. The van der Waals surface area contributed by atoms with Crippen LogP contribution in [0.3, 0.4) is 0 Å². The largest absolute Gasteiger partial charge is 0.347 e. The van der Waals surface area contributed by atoms with E-state index in [1.807, 2.05) is 50.1 Å². The van der Waals surface area contributed by atoms with Crippen molar-refractivity contribution < 1.29 is 4.79 Å². The van der Waals surface area contributed by atoms with Crippen LogP contribution in [0.15, 0.2) is 51.8 Å². The third kappa shape index (κ3) is 2.97. The van der Waals surface area contributed by atoms with Gasteiger partial charge in [0.15, 0.2) is 5.78 Å². The summed E-state index contributed by atoms with van der Waals surface area (Å²) in [6.07, 6.45) is 2.72. The Labute approximate surface area is 162 Å². The number of benzene rings is 1. The van der Waals surface area contributed by atoms with Crippen molar-refractivity contribution in [3.63, 3.8) is 0 Å². The molecule has 0 saturated carbocycles. The van der Waals surface area contributed by atoms with Crippen LogP contribution in [-0.2, 0) is 23.3 Å². The molecule has 0 bridgehead atoms. The van der Waals surface area contributed by atoms with Crippen molar-refractivity contribution >= 4 is 11.5 Å². The van der Waals surface area contributed by atoms with E-state index < -0.39 is 17.8 Å². The average Bonchev–Trinajstić information content (AvgIpc) is 2.86. The molecule has 3 rings (SSSR count). The summed E-state index contributed by atoms with van der Waals surface area (Å²) in [5, 5.41) is 9.14. The smallest absolute Gasteiger partial charge is 0.331 e. The molecule has 0 amide bonds. The van der Waals surface area contributed by atoms with E-state index in [0.717, 1.165) is 21.5 Å². The van der Waals surface area contributed by atoms with Crippen LogP contribution < -0.4 is 16.1 Å². The lowest BCUT2D eigenvalue weighted by atomic mass is 9.83. The monoisotopic (exact) mass is 378 g/mol. The van der Waals surface area contributed by atoms with E-state index >= 15 is 0 Å². The van der Waals surface area contributed by atoms with E-state index in [-0.39, 0.29) is 16.8 Å². The van der Waals surface area contributed by atoms with Crippen molar-refractivity contribution in [2.45, 2.75) is 39.3 Å². The van der Waals surface area contributed by atoms with Gasteiger partial charge in [0.05, 0.1) is 6.54 Å². The summed E-state index contributed by atoms with van der Waals surface area (Å²) in [4.78, 5) is 39.6. The number of nitrogens with zero attached hydrogens (tertiary/aromatic N) is 4. The second kappa shape index (κ2) is 6.97. The predicted octanol–water partition coefficient (Wildman–Crippen LogP) is 1.78. The molecule has 0 atom stereocenters. The number of allylic oxidation sites excluding steroid dienone is 2. The first-order chi connectivity index (χ1) is 13.2. The molecule has 0 aliphatic carbocycles. The maximum Gasteiger partial charge on any atom is 0.331 e. The van der Waals surface area contributed by atoms with Crippen molar-refractivity contribution in [3.8, 4) is 6.07 Å². The molecule has 0 fully saturated rings. The highest BCUT2D eigenvalue weighted by Gasteiger charge is 2.38. The number of likely N-dealkylation sites (N-methyl/N-ethyl adjacent to an activating group) is 1. The fourth-order valence-electron chi connectivity index (χ4n) is 3.71. The highest BCUT2D eigenvalue weighted by atomic mass is 16.2. The van der Waals surface area contributed by atoms with Gasteiger partial charge in [0.1, 0.15) is 11.6 Å². The highest BCUT2D eigenvalue weighted by molar-refractivity contribution is 5.92. The molecule has 1 aromatic carbocycles. The molecule has 2 aromatic rings. The molecular weight excluding hydrogens is 356 g/mol. The van der Waals surface area contributed by atoms with Gasteiger partial charge in [-0.15, -0.1) is 0 Å². The Bertz CT molecular complexity index is 1150. The van der Waals surface area contributed by atoms with Gasteiger partial charge in [0.2, 0.25) is 0 Å². The third-order valence-electron chi connectivity index (χ3n) is 5.25. The zero-order valence-corrected chi connectivity index (χ0v) is 16.4. The van der Waals surface area contributed by atoms with E-state index in [0.29, 0.717) is 6.54 Å². The Hall–Kier alpha value is -3.40. The Morgan fingerprint density at radius 2 is 1.93 bits per heavy atom. The van der Waals surface area contributed by atoms with Gasteiger partial charge >= 0.3 is 5.69 Å². The normalized spacial score (nSPS) is 16.1. The van der Waals surface area contributed by atoms with Gasteiger partial charge < -0.3 is 4.90 Å². The van der Waals surface area contributed by atoms with E-state index in [1.165, 1.54) is 16.8 Å². The molecule has 2 heterocycles. The fraction of sp³-hybridized carbons (Fsp3) is 0.333. The molecule has 7 heteroatoms. The van der Waals surface area contributed by atoms with Crippen LogP contribution in [0.4, 0.5) is 5.69 Å². The Morgan fingerprint density at radius 3 is 2.54 bits per heavy atom. The summed E-state index contributed by atoms with van der Waals surface area (Å²) in [6, 6.07) is 9.70. The molecule has 0 N–H and O–H groups in total. The number of hydrogen-bond donors (Lipinski definition) is 0. The summed E-state index contributed by atoms with van der Waals surface area (Å²) in [6.45, 7) is 5.68. The number of aromatic nitrogens is 2. The Kier molecular flexibility index (Phi) is 4.82. The molecule has 7 nitrogen and oxygen atoms in total. The van der Waals surface area contributed by atoms with Crippen molar-refractivity contribution in [1.29, 1.82) is 5.26 Å². The lowest BCUT2D eigenvalue weighted by Crippen LogP contribution is -2.42. The van der Waals surface area contributed by atoms with Gasteiger partial charge in [-0.05, 0) is 18.6 Å². The molecular formula is C21H22N4O3. The van der Waals surface area contributed by atoms with E-state index in [2.05, 4.69) is 0 Å². The number of carbonyl (C=O) groups excluding carboxylic acids is 1. The molecule has 0 unspecified atom stereocenters. The molecule has 144 valence electrons. The minimum atomic E-state index is -0.744. The van der Waals surface area contributed by atoms with Gasteiger partial charge in [-0.25, -0.2) is 4.79 Å². The van der Waals surface area contributed by atoms with Crippen LogP contribution in [-0.4, -0.2) is 22.0 Å². The number of para-hydroxylation sites is 1. The molecule has 0 radical (unpaired) electrons. The van der Waals surface area contributed by atoms with E-state index in [9.17, 15) is 14.4 Å². The molecule has 0 spiro atoms. The summed E-state index contributed by atoms with van der Waals surface area (Å²) < 4.78 is 2.08. The van der Waals surface area contributed by atoms with Crippen molar-refractivity contribution in [1.82, 2.24) is 9.13 Å². The first-order valence-corrected chi connectivity index (χ1v) is 9.05. The Balaban J connectivity index is 2.02. The molecule has 1 aliphatic rings. The molecule has 28 heavy (non-hydrogen) atoms. The van der Waals surface area contributed by atoms with Gasteiger partial charge in [0, 0.05) is 42.7 Å². The standard InChI is InChI=1S/C21H22N4O3/c1-5-24-12-14(11-22)19(27)25(20(24)28)13-15(26)10-18-21(2,3)16-8-6-7-9-17(16)23(18)4/h6-10,12H,5,13H2,1-4H3/b18-10+. The van der Waals surface area contributed by atoms with Crippen molar-refractivity contribution in [2.24, 2.45) is 0 Å². The summed E-state index contributed by atoms with van der Waals surface area (Å²) in [7, 11) is 1.89.